The van der Waals surface area contributed by atoms with E-state index in [1.807, 2.05) is 0 Å². The molecule has 0 unspecified atom stereocenters. The van der Waals surface area contributed by atoms with Crippen LogP contribution in [0.1, 0.15) is 15.9 Å². The Bertz CT molecular complexity index is 838. The van der Waals surface area contributed by atoms with E-state index >= 15 is 0 Å². The molecule has 5 nitrogen and oxygen atoms in total. The second kappa shape index (κ2) is 9.47. The molecule has 0 saturated carbocycles. The van der Waals surface area contributed by atoms with Gasteiger partial charge < -0.3 is 19.7 Å². The molecule has 9 heteroatoms. The van der Waals surface area contributed by atoms with E-state index in [4.69, 9.17) is 16.3 Å². The van der Waals surface area contributed by atoms with Crippen molar-refractivity contribution >= 4 is 28.9 Å². The molecule has 3 rings (SSSR count). The number of para-hydroxylation sites is 1. The van der Waals surface area contributed by atoms with E-state index in [0.717, 1.165) is 5.69 Å². The number of benzene rings is 2. The zero-order chi connectivity index (χ0) is 20.9. The summed E-state index contributed by atoms with van der Waals surface area (Å²) in [6, 6.07) is 11.5. The number of ether oxygens (including phenoxy) is 2. The molecule has 1 heterocycles. The van der Waals surface area contributed by atoms with Gasteiger partial charge in [-0.15, -0.1) is 0 Å². The van der Waals surface area contributed by atoms with Crippen LogP contribution in [-0.2, 0) is 16.1 Å². The molecule has 156 valence electrons. The standard InChI is InChI=1S/C20H20ClF3N2O3/c21-16-2-1-3-17(18(16)26-8-10-28-11-9-26)25-19(27)15-6-4-14(5-7-15)12-29-13-20(22,23)24/h1-7H,8-13H2,(H,25,27). The van der Waals surface area contributed by atoms with Gasteiger partial charge in [-0.2, -0.15) is 13.2 Å². The number of hydrogen-bond donors (Lipinski definition) is 1. The molecule has 2 aromatic rings. The van der Waals surface area contributed by atoms with Gasteiger partial charge in [-0.1, -0.05) is 29.8 Å². The second-order valence-electron chi connectivity index (χ2n) is 6.49. The average Bonchev–Trinajstić information content (AvgIpc) is 2.68. The summed E-state index contributed by atoms with van der Waals surface area (Å²) in [5.41, 5.74) is 2.24. The number of rotatable bonds is 6. The van der Waals surface area contributed by atoms with Crippen molar-refractivity contribution in [1.82, 2.24) is 0 Å². The van der Waals surface area contributed by atoms with E-state index in [1.54, 1.807) is 42.5 Å². The van der Waals surface area contributed by atoms with E-state index in [0.29, 0.717) is 48.1 Å². The summed E-state index contributed by atoms with van der Waals surface area (Å²) in [4.78, 5) is 14.7. The maximum Gasteiger partial charge on any atom is 0.411 e. The maximum absolute atomic E-state index is 12.6. The molecule has 29 heavy (non-hydrogen) atoms. The van der Waals surface area contributed by atoms with E-state index in [9.17, 15) is 18.0 Å². The first-order chi connectivity index (χ1) is 13.8. The number of morpholine rings is 1. The molecule has 1 N–H and O–H groups in total. The van der Waals surface area contributed by atoms with Crippen LogP contribution in [0.3, 0.4) is 0 Å². The van der Waals surface area contributed by atoms with E-state index in [2.05, 4.69) is 15.0 Å². The predicted molar refractivity (Wildman–Crippen MR) is 105 cm³/mol. The Labute approximate surface area is 171 Å². The fourth-order valence-corrected chi connectivity index (χ4v) is 3.25. The minimum absolute atomic E-state index is 0.184. The van der Waals surface area contributed by atoms with Crippen LogP contribution in [0.2, 0.25) is 5.02 Å². The van der Waals surface area contributed by atoms with Crippen molar-refractivity contribution in [2.45, 2.75) is 12.8 Å². The van der Waals surface area contributed by atoms with Crippen molar-refractivity contribution in [3.8, 4) is 0 Å². The van der Waals surface area contributed by atoms with Crippen molar-refractivity contribution in [2.75, 3.05) is 43.1 Å². The van der Waals surface area contributed by atoms with Crippen molar-refractivity contribution in [2.24, 2.45) is 0 Å². The Hall–Kier alpha value is -2.29. The molecule has 1 fully saturated rings. The SMILES string of the molecule is O=C(Nc1cccc(Cl)c1N1CCOCC1)c1ccc(COCC(F)(F)F)cc1. The number of carbonyl (C=O) groups is 1. The summed E-state index contributed by atoms with van der Waals surface area (Å²) in [6.07, 6.45) is -4.37. The minimum atomic E-state index is -4.37. The maximum atomic E-state index is 12.6. The third-order valence-corrected chi connectivity index (χ3v) is 4.62. The lowest BCUT2D eigenvalue weighted by Crippen LogP contribution is -2.37. The number of halogens is 4. The smallest absolute Gasteiger partial charge is 0.378 e. The van der Waals surface area contributed by atoms with Crippen molar-refractivity contribution in [3.63, 3.8) is 0 Å². The number of nitrogens with zero attached hydrogens (tertiary/aromatic N) is 1. The summed E-state index contributed by atoms with van der Waals surface area (Å²) in [5, 5.41) is 3.39. The third-order valence-electron chi connectivity index (χ3n) is 4.31. The quantitative estimate of drug-likeness (QED) is 0.735. The molecule has 0 radical (unpaired) electrons. The van der Waals surface area contributed by atoms with Gasteiger partial charge in [0, 0.05) is 18.7 Å². The lowest BCUT2D eigenvalue weighted by Gasteiger charge is -2.31. The molecule has 1 amide bonds. The van der Waals surface area contributed by atoms with Crippen molar-refractivity contribution in [1.29, 1.82) is 0 Å². The van der Waals surface area contributed by atoms with Gasteiger partial charge in [-0.25, -0.2) is 0 Å². The fraction of sp³-hybridized carbons (Fsp3) is 0.350. The summed E-state index contributed by atoms with van der Waals surface area (Å²) in [6.45, 7) is 0.997. The van der Waals surface area contributed by atoms with Crippen LogP contribution in [0.25, 0.3) is 0 Å². The number of hydrogen-bond acceptors (Lipinski definition) is 4. The highest BCUT2D eigenvalue weighted by Crippen LogP contribution is 2.34. The zero-order valence-electron chi connectivity index (χ0n) is 15.5. The number of anilines is 2. The van der Waals surface area contributed by atoms with Crippen LogP contribution >= 0.6 is 11.6 Å². The Morgan fingerprint density at radius 3 is 2.48 bits per heavy atom. The van der Waals surface area contributed by atoms with E-state index in [1.165, 1.54) is 0 Å². The topological polar surface area (TPSA) is 50.8 Å². The van der Waals surface area contributed by atoms with Crippen LogP contribution in [0.5, 0.6) is 0 Å². The molecule has 0 atom stereocenters. The lowest BCUT2D eigenvalue weighted by atomic mass is 10.1. The molecule has 1 aliphatic rings. The Balaban J connectivity index is 1.67. The first-order valence-electron chi connectivity index (χ1n) is 8.99. The normalized spacial score (nSPS) is 14.7. The van der Waals surface area contributed by atoms with Gasteiger partial charge in [-0.3, -0.25) is 4.79 Å². The first kappa shape index (κ1) is 21.4. The minimum Gasteiger partial charge on any atom is -0.378 e. The largest absolute Gasteiger partial charge is 0.411 e. The molecule has 0 aliphatic carbocycles. The van der Waals surface area contributed by atoms with Crippen molar-refractivity contribution in [3.05, 3.63) is 58.6 Å². The van der Waals surface area contributed by atoms with Gasteiger partial charge in [0.25, 0.3) is 5.91 Å². The highest BCUT2D eigenvalue weighted by molar-refractivity contribution is 6.34. The van der Waals surface area contributed by atoms with Crippen LogP contribution in [0.15, 0.2) is 42.5 Å². The van der Waals surface area contributed by atoms with Gasteiger partial charge in [0.2, 0.25) is 0 Å². The number of alkyl halides is 3. The molecular formula is C20H20ClF3N2O3. The predicted octanol–water partition coefficient (Wildman–Crippen LogP) is 4.51. The second-order valence-corrected chi connectivity index (χ2v) is 6.90. The number of carbonyl (C=O) groups excluding carboxylic acids is 1. The summed E-state index contributed by atoms with van der Waals surface area (Å²) in [7, 11) is 0. The molecule has 0 spiro atoms. The van der Waals surface area contributed by atoms with Crippen LogP contribution in [0, 0.1) is 0 Å². The molecule has 2 aromatic carbocycles. The Morgan fingerprint density at radius 2 is 1.83 bits per heavy atom. The molecule has 1 aliphatic heterocycles. The van der Waals surface area contributed by atoms with Gasteiger partial charge in [0.1, 0.15) is 6.61 Å². The average molecular weight is 429 g/mol. The van der Waals surface area contributed by atoms with Crippen LogP contribution < -0.4 is 10.2 Å². The monoisotopic (exact) mass is 428 g/mol. The summed E-state index contributed by atoms with van der Waals surface area (Å²) >= 11 is 6.37. The summed E-state index contributed by atoms with van der Waals surface area (Å²) in [5.74, 6) is -0.343. The number of nitrogens with one attached hydrogen (secondary N) is 1. The van der Waals surface area contributed by atoms with Gasteiger partial charge >= 0.3 is 6.18 Å². The van der Waals surface area contributed by atoms with Crippen LogP contribution in [0.4, 0.5) is 24.5 Å². The first-order valence-corrected chi connectivity index (χ1v) is 9.37. The van der Waals surface area contributed by atoms with E-state index in [-0.39, 0.29) is 12.5 Å². The molecule has 0 aromatic heterocycles. The zero-order valence-corrected chi connectivity index (χ0v) is 16.2. The molecule has 0 bridgehead atoms. The summed E-state index contributed by atoms with van der Waals surface area (Å²) < 4.78 is 46.4. The van der Waals surface area contributed by atoms with Gasteiger partial charge in [0.05, 0.1) is 36.2 Å². The van der Waals surface area contributed by atoms with Gasteiger partial charge in [0.15, 0.2) is 0 Å². The van der Waals surface area contributed by atoms with Gasteiger partial charge in [-0.05, 0) is 29.8 Å². The van der Waals surface area contributed by atoms with Crippen LogP contribution in [-0.4, -0.2) is 45.0 Å². The van der Waals surface area contributed by atoms with E-state index < -0.39 is 12.8 Å². The fourth-order valence-electron chi connectivity index (χ4n) is 2.96. The Kier molecular flexibility index (Phi) is 7.00. The highest BCUT2D eigenvalue weighted by atomic mass is 35.5. The van der Waals surface area contributed by atoms with Crippen molar-refractivity contribution < 1.29 is 27.4 Å². The Morgan fingerprint density at radius 1 is 1.14 bits per heavy atom. The lowest BCUT2D eigenvalue weighted by molar-refractivity contribution is -0.176. The number of amides is 1. The highest BCUT2D eigenvalue weighted by Gasteiger charge is 2.27. The molecule has 1 saturated heterocycles. The third kappa shape index (κ3) is 6.09. The molecular weight excluding hydrogens is 409 g/mol.